The van der Waals surface area contributed by atoms with E-state index < -0.39 is 0 Å². The molecule has 2 aromatic rings. The second-order valence-electron chi connectivity index (χ2n) is 4.42. The van der Waals surface area contributed by atoms with Crippen molar-refractivity contribution in [1.29, 1.82) is 0 Å². The van der Waals surface area contributed by atoms with Crippen LogP contribution in [0.4, 0.5) is 0 Å². The Balaban J connectivity index is 2.10. The second kappa shape index (κ2) is 6.93. The summed E-state index contributed by atoms with van der Waals surface area (Å²) in [5.41, 5.74) is 1.11. The van der Waals surface area contributed by atoms with Crippen LogP contribution in [-0.2, 0) is 0 Å². The van der Waals surface area contributed by atoms with E-state index in [0.29, 0.717) is 21.7 Å². The van der Waals surface area contributed by atoms with Gasteiger partial charge < -0.3 is 10.1 Å². The van der Waals surface area contributed by atoms with Crippen LogP contribution in [0.1, 0.15) is 25.5 Å². The van der Waals surface area contributed by atoms with E-state index in [4.69, 9.17) is 27.9 Å². The highest BCUT2D eigenvalue weighted by Gasteiger charge is 2.06. The van der Waals surface area contributed by atoms with Crippen molar-refractivity contribution in [1.82, 2.24) is 10.3 Å². The molecule has 1 N–H and O–H groups in total. The zero-order chi connectivity index (χ0) is 14.5. The number of hydrogen-bond donors (Lipinski definition) is 1. The van der Waals surface area contributed by atoms with Crippen LogP contribution in [0.3, 0.4) is 0 Å². The minimum Gasteiger partial charge on any atom is -0.439 e. The van der Waals surface area contributed by atoms with Gasteiger partial charge in [0.2, 0.25) is 5.88 Å². The number of ether oxygens (including phenoxy) is 1. The van der Waals surface area contributed by atoms with Gasteiger partial charge in [0.05, 0.1) is 0 Å². The second-order valence-corrected chi connectivity index (χ2v) is 5.29. The summed E-state index contributed by atoms with van der Waals surface area (Å²) in [7, 11) is 0. The number of hydrogen-bond acceptors (Lipinski definition) is 3. The van der Waals surface area contributed by atoms with E-state index in [1.807, 2.05) is 12.1 Å². The van der Waals surface area contributed by atoms with Gasteiger partial charge in [0.1, 0.15) is 5.75 Å². The summed E-state index contributed by atoms with van der Waals surface area (Å²) in [4.78, 5) is 4.29. The Kier molecular flexibility index (Phi) is 5.24. The predicted molar refractivity (Wildman–Crippen MR) is 82.9 cm³/mol. The quantitative estimate of drug-likeness (QED) is 0.857. The molecule has 0 saturated heterocycles. The molecule has 1 aromatic carbocycles. The molecule has 0 amide bonds. The van der Waals surface area contributed by atoms with Gasteiger partial charge in [-0.15, -0.1) is 0 Å². The number of pyridine rings is 1. The molecule has 0 aliphatic carbocycles. The van der Waals surface area contributed by atoms with Crippen LogP contribution in [0.25, 0.3) is 0 Å². The Morgan fingerprint density at radius 3 is 2.45 bits per heavy atom. The molecule has 3 nitrogen and oxygen atoms in total. The highest BCUT2D eigenvalue weighted by molar-refractivity contribution is 6.34. The zero-order valence-electron chi connectivity index (χ0n) is 11.4. The molecule has 0 bridgehead atoms. The number of nitrogens with zero attached hydrogens (tertiary/aromatic N) is 1. The smallest absolute Gasteiger partial charge is 0.219 e. The molecule has 0 saturated carbocycles. The topological polar surface area (TPSA) is 34.1 Å². The Labute approximate surface area is 128 Å². The molecule has 2 rings (SSSR count). The lowest BCUT2D eigenvalue weighted by Crippen LogP contribution is -2.17. The Morgan fingerprint density at radius 2 is 1.90 bits per heavy atom. The Morgan fingerprint density at radius 1 is 1.20 bits per heavy atom. The lowest BCUT2D eigenvalue weighted by molar-refractivity contribution is 0.461. The average Bonchev–Trinajstić information content (AvgIpc) is 2.38. The van der Waals surface area contributed by atoms with Crippen LogP contribution in [0.5, 0.6) is 11.6 Å². The molecule has 0 fully saturated rings. The van der Waals surface area contributed by atoms with Crippen LogP contribution < -0.4 is 10.1 Å². The van der Waals surface area contributed by atoms with Gasteiger partial charge in [-0.05, 0) is 37.2 Å². The summed E-state index contributed by atoms with van der Waals surface area (Å²) in [6.07, 6.45) is 1.80. The third-order valence-electron chi connectivity index (χ3n) is 2.83. The van der Waals surface area contributed by atoms with Gasteiger partial charge in [-0.3, -0.25) is 0 Å². The van der Waals surface area contributed by atoms with E-state index in [9.17, 15) is 0 Å². The summed E-state index contributed by atoms with van der Waals surface area (Å²) in [5.74, 6) is 1.08. The van der Waals surface area contributed by atoms with E-state index in [0.717, 1.165) is 12.1 Å². The molecule has 5 heteroatoms. The van der Waals surface area contributed by atoms with Crippen molar-refractivity contribution in [3.05, 3.63) is 52.1 Å². The van der Waals surface area contributed by atoms with Crippen LogP contribution in [-0.4, -0.2) is 11.5 Å². The van der Waals surface area contributed by atoms with E-state index >= 15 is 0 Å². The standard InChI is InChI=1S/C15H16Cl2N2O/c1-3-18-10(2)11-4-5-15(19-9-11)20-14-7-12(16)6-13(17)8-14/h4-10,18H,3H2,1-2H3. The molecule has 1 aromatic heterocycles. The molecule has 20 heavy (non-hydrogen) atoms. The molecule has 1 unspecified atom stereocenters. The fraction of sp³-hybridized carbons (Fsp3) is 0.267. The molecule has 0 spiro atoms. The van der Waals surface area contributed by atoms with Crippen molar-refractivity contribution in [3.63, 3.8) is 0 Å². The first kappa shape index (κ1) is 15.1. The summed E-state index contributed by atoms with van der Waals surface area (Å²) in [6, 6.07) is 9.14. The Bertz CT molecular complexity index is 552. The predicted octanol–water partition coefficient (Wildman–Crippen LogP) is 4.85. The first-order chi connectivity index (χ1) is 9.58. The molecule has 0 aliphatic rings. The minimum atomic E-state index is 0.266. The maximum atomic E-state index is 5.92. The van der Waals surface area contributed by atoms with Crippen molar-refractivity contribution >= 4 is 23.2 Å². The van der Waals surface area contributed by atoms with E-state index in [1.165, 1.54) is 0 Å². The molecular weight excluding hydrogens is 295 g/mol. The fourth-order valence-electron chi connectivity index (χ4n) is 1.84. The number of nitrogens with one attached hydrogen (secondary N) is 1. The van der Waals surface area contributed by atoms with Gasteiger partial charge >= 0.3 is 0 Å². The van der Waals surface area contributed by atoms with Crippen molar-refractivity contribution in [2.24, 2.45) is 0 Å². The lowest BCUT2D eigenvalue weighted by atomic mass is 10.1. The fourth-order valence-corrected chi connectivity index (χ4v) is 2.35. The molecule has 106 valence electrons. The normalized spacial score (nSPS) is 12.2. The first-order valence-corrected chi connectivity index (χ1v) is 7.17. The summed E-state index contributed by atoms with van der Waals surface area (Å²) >= 11 is 11.8. The lowest BCUT2D eigenvalue weighted by Gasteiger charge is -2.12. The van der Waals surface area contributed by atoms with Crippen LogP contribution in [0.15, 0.2) is 36.5 Å². The molecule has 0 aliphatic heterocycles. The highest BCUT2D eigenvalue weighted by atomic mass is 35.5. The Hall–Kier alpha value is -1.29. The largest absolute Gasteiger partial charge is 0.439 e. The number of halogens is 2. The monoisotopic (exact) mass is 310 g/mol. The molecule has 1 heterocycles. The number of benzene rings is 1. The van der Waals surface area contributed by atoms with E-state index in [2.05, 4.69) is 24.1 Å². The molecule has 0 radical (unpaired) electrons. The van der Waals surface area contributed by atoms with Gasteiger partial charge in [-0.25, -0.2) is 4.98 Å². The molecular formula is C15H16Cl2N2O. The van der Waals surface area contributed by atoms with Gasteiger partial charge in [-0.2, -0.15) is 0 Å². The third-order valence-corrected chi connectivity index (χ3v) is 3.26. The van der Waals surface area contributed by atoms with Crippen molar-refractivity contribution in [3.8, 4) is 11.6 Å². The van der Waals surface area contributed by atoms with Gasteiger partial charge in [-0.1, -0.05) is 36.2 Å². The van der Waals surface area contributed by atoms with Gasteiger partial charge in [0, 0.05) is 28.4 Å². The van der Waals surface area contributed by atoms with Crippen LogP contribution >= 0.6 is 23.2 Å². The highest BCUT2D eigenvalue weighted by Crippen LogP contribution is 2.27. The SMILES string of the molecule is CCNC(C)c1ccc(Oc2cc(Cl)cc(Cl)c2)nc1. The van der Waals surface area contributed by atoms with E-state index in [-0.39, 0.29) is 6.04 Å². The number of aromatic nitrogens is 1. The summed E-state index contributed by atoms with van der Waals surface area (Å²) < 4.78 is 5.63. The van der Waals surface area contributed by atoms with Gasteiger partial charge in [0.25, 0.3) is 0 Å². The third kappa shape index (κ3) is 4.10. The van der Waals surface area contributed by atoms with Crippen LogP contribution in [0.2, 0.25) is 10.0 Å². The zero-order valence-corrected chi connectivity index (χ0v) is 12.9. The minimum absolute atomic E-state index is 0.266. The number of rotatable bonds is 5. The van der Waals surface area contributed by atoms with Crippen molar-refractivity contribution in [2.45, 2.75) is 19.9 Å². The maximum absolute atomic E-state index is 5.92. The average molecular weight is 311 g/mol. The van der Waals surface area contributed by atoms with Gasteiger partial charge in [0.15, 0.2) is 0 Å². The summed E-state index contributed by atoms with van der Waals surface area (Å²) in [5, 5.41) is 4.39. The van der Waals surface area contributed by atoms with Crippen LogP contribution in [0, 0.1) is 0 Å². The van der Waals surface area contributed by atoms with Crippen molar-refractivity contribution < 1.29 is 4.74 Å². The maximum Gasteiger partial charge on any atom is 0.219 e. The molecule has 1 atom stereocenters. The summed E-state index contributed by atoms with van der Waals surface area (Å²) in [6.45, 7) is 5.09. The van der Waals surface area contributed by atoms with Crippen molar-refractivity contribution in [2.75, 3.05) is 6.54 Å². The first-order valence-electron chi connectivity index (χ1n) is 6.41. The van der Waals surface area contributed by atoms with E-state index in [1.54, 1.807) is 24.4 Å².